The van der Waals surface area contributed by atoms with E-state index in [4.69, 9.17) is 0 Å². The molecule has 0 saturated carbocycles. The highest BCUT2D eigenvalue weighted by Crippen LogP contribution is 2.31. The molecule has 0 amide bonds. The van der Waals surface area contributed by atoms with Crippen LogP contribution in [0.4, 0.5) is 0 Å². The smallest absolute Gasteiger partial charge is 0.0152 e. The molecule has 0 unspecified atom stereocenters. The number of rotatable bonds is 8. The van der Waals surface area contributed by atoms with Crippen molar-refractivity contribution in [3.8, 4) is 55.6 Å². The van der Waals surface area contributed by atoms with E-state index < -0.39 is 0 Å². The molecule has 0 nitrogen and oxygen atoms in total. The summed E-state index contributed by atoms with van der Waals surface area (Å²) >= 11 is 0. The minimum atomic E-state index is 1.14. The maximum atomic E-state index is 2.27. The Labute approximate surface area is 238 Å². The van der Waals surface area contributed by atoms with Crippen molar-refractivity contribution in [3.63, 3.8) is 0 Å². The van der Waals surface area contributed by atoms with Gasteiger partial charge in [0.15, 0.2) is 0 Å². The second-order valence-corrected chi connectivity index (χ2v) is 10.4. The van der Waals surface area contributed by atoms with Crippen molar-refractivity contribution in [2.75, 3.05) is 0 Å². The van der Waals surface area contributed by atoms with Gasteiger partial charge in [0.2, 0.25) is 0 Å². The quantitative estimate of drug-likeness (QED) is 0.189. The third kappa shape index (κ3) is 5.67. The average Bonchev–Trinajstić information content (AvgIpc) is 3.05. The number of hydrogen-bond donors (Lipinski definition) is 0. The first-order valence-electron chi connectivity index (χ1n) is 14.3. The molecule has 0 aliphatic rings. The summed E-state index contributed by atoms with van der Waals surface area (Å²) in [4.78, 5) is 0. The zero-order valence-electron chi connectivity index (χ0n) is 23.1. The zero-order chi connectivity index (χ0) is 27.1. The van der Waals surface area contributed by atoms with Gasteiger partial charge < -0.3 is 0 Å². The van der Waals surface area contributed by atoms with Crippen molar-refractivity contribution in [2.45, 2.75) is 26.2 Å². The largest absolute Gasteiger partial charge is 0.0654 e. The highest BCUT2D eigenvalue weighted by molar-refractivity contribution is 5.76. The van der Waals surface area contributed by atoms with Crippen molar-refractivity contribution in [3.05, 3.63) is 157 Å². The summed E-state index contributed by atoms with van der Waals surface area (Å²) in [6.07, 6.45) is 3.58. The van der Waals surface area contributed by atoms with Crippen molar-refractivity contribution < 1.29 is 0 Å². The van der Waals surface area contributed by atoms with E-state index in [1.807, 2.05) is 0 Å². The maximum absolute atomic E-state index is 2.27. The van der Waals surface area contributed by atoms with Crippen LogP contribution in [0, 0.1) is 0 Å². The third-order valence-electron chi connectivity index (χ3n) is 7.77. The van der Waals surface area contributed by atoms with Gasteiger partial charge in [0, 0.05) is 0 Å². The minimum Gasteiger partial charge on any atom is -0.0654 e. The number of hydrogen-bond acceptors (Lipinski definition) is 0. The number of unbranched alkanes of at least 4 members (excludes halogenated alkanes) is 1. The van der Waals surface area contributed by atoms with E-state index >= 15 is 0 Å². The Kier molecular flexibility index (Phi) is 7.69. The molecule has 0 atom stereocenters. The Balaban J connectivity index is 1.15. The van der Waals surface area contributed by atoms with E-state index in [1.165, 1.54) is 74.0 Å². The van der Waals surface area contributed by atoms with Gasteiger partial charge in [0.25, 0.3) is 0 Å². The number of benzene rings is 6. The molecule has 0 radical (unpaired) electrons. The summed E-state index contributed by atoms with van der Waals surface area (Å²) in [5.41, 5.74) is 14.0. The van der Waals surface area contributed by atoms with E-state index in [2.05, 4.69) is 159 Å². The van der Waals surface area contributed by atoms with Crippen LogP contribution in [-0.4, -0.2) is 0 Å². The molecule has 0 aromatic heterocycles. The Morgan fingerprint density at radius 1 is 0.325 bits per heavy atom. The van der Waals surface area contributed by atoms with Crippen LogP contribution in [0.3, 0.4) is 0 Å². The van der Waals surface area contributed by atoms with Gasteiger partial charge in [-0.15, -0.1) is 0 Å². The van der Waals surface area contributed by atoms with Gasteiger partial charge in [-0.1, -0.05) is 165 Å². The van der Waals surface area contributed by atoms with Crippen molar-refractivity contribution in [2.24, 2.45) is 0 Å². The molecule has 0 aliphatic heterocycles. The van der Waals surface area contributed by atoms with Gasteiger partial charge in [-0.2, -0.15) is 0 Å². The van der Waals surface area contributed by atoms with Gasteiger partial charge in [-0.05, 0) is 74.0 Å². The second-order valence-electron chi connectivity index (χ2n) is 10.4. The highest BCUT2D eigenvalue weighted by atomic mass is 14.1. The van der Waals surface area contributed by atoms with Gasteiger partial charge in [-0.3, -0.25) is 0 Å². The maximum Gasteiger partial charge on any atom is -0.0152 e. The normalized spacial score (nSPS) is 10.9. The second kappa shape index (κ2) is 12.0. The summed E-state index contributed by atoms with van der Waals surface area (Å²) in [6, 6.07) is 55.0. The van der Waals surface area contributed by atoms with E-state index in [-0.39, 0.29) is 0 Å². The molecule has 0 heteroatoms. The molecule has 194 valence electrons. The fourth-order valence-electron chi connectivity index (χ4n) is 5.43. The molecule has 0 aliphatic carbocycles. The molecule has 40 heavy (non-hydrogen) atoms. The van der Waals surface area contributed by atoms with E-state index in [1.54, 1.807) is 0 Å². The number of aryl methyl sites for hydroxylation is 1. The van der Waals surface area contributed by atoms with Crippen LogP contribution in [-0.2, 0) is 6.42 Å². The first-order chi connectivity index (χ1) is 19.8. The van der Waals surface area contributed by atoms with Crippen molar-refractivity contribution in [1.29, 1.82) is 0 Å². The van der Waals surface area contributed by atoms with Crippen molar-refractivity contribution in [1.82, 2.24) is 0 Å². The summed E-state index contributed by atoms with van der Waals surface area (Å²) in [5.74, 6) is 0. The lowest BCUT2D eigenvalue weighted by Crippen LogP contribution is -1.90. The van der Waals surface area contributed by atoms with Crippen LogP contribution in [0.15, 0.2) is 152 Å². The molecule has 0 N–H and O–H groups in total. The fourth-order valence-corrected chi connectivity index (χ4v) is 5.43. The summed E-state index contributed by atoms with van der Waals surface area (Å²) in [7, 11) is 0. The lowest BCUT2D eigenvalue weighted by Gasteiger charge is -2.11. The molecule has 0 heterocycles. The van der Waals surface area contributed by atoms with Crippen LogP contribution >= 0.6 is 0 Å². The van der Waals surface area contributed by atoms with Gasteiger partial charge >= 0.3 is 0 Å². The molecule has 6 aromatic rings. The first kappa shape index (κ1) is 25.6. The van der Waals surface area contributed by atoms with Crippen molar-refractivity contribution >= 4 is 0 Å². The summed E-state index contributed by atoms with van der Waals surface area (Å²) in [5, 5.41) is 0. The SMILES string of the molecule is CCCCc1ccccc1-c1ccc(-c2ccc(-c3ccc(-c4ccc(-c5ccccc5)cc4)cc3)cc2)cc1. The molecular weight excluding hydrogens is 480 g/mol. The molecule has 0 saturated heterocycles. The fraction of sp³-hybridized carbons (Fsp3) is 0.100. The molecule has 0 bridgehead atoms. The van der Waals surface area contributed by atoms with Gasteiger partial charge in [0.1, 0.15) is 0 Å². The first-order valence-corrected chi connectivity index (χ1v) is 14.3. The van der Waals surface area contributed by atoms with E-state index in [0.29, 0.717) is 0 Å². The Bertz CT molecular complexity index is 1660. The van der Waals surface area contributed by atoms with Gasteiger partial charge in [-0.25, -0.2) is 0 Å². The zero-order valence-corrected chi connectivity index (χ0v) is 23.1. The van der Waals surface area contributed by atoms with E-state index in [0.717, 1.165) is 6.42 Å². The topological polar surface area (TPSA) is 0 Å². The molecule has 6 aromatic carbocycles. The van der Waals surface area contributed by atoms with Crippen LogP contribution < -0.4 is 0 Å². The summed E-state index contributed by atoms with van der Waals surface area (Å²) in [6.45, 7) is 2.25. The lowest BCUT2D eigenvalue weighted by atomic mass is 9.94. The highest BCUT2D eigenvalue weighted by Gasteiger charge is 2.07. The van der Waals surface area contributed by atoms with Crippen LogP contribution in [0.5, 0.6) is 0 Å². The standard InChI is InChI=1S/C40H34/c1-2-3-9-38-12-7-8-13-40(38)39-28-26-37(27-29-39)36-24-22-35(23-25-36)34-20-18-33(19-21-34)32-16-14-31(15-17-32)30-10-5-4-6-11-30/h4-8,10-29H,2-3,9H2,1H3. The Morgan fingerprint density at radius 2 is 0.650 bits per heavy atom. The van der Waals surface area contributed by atoms with E-state index in [9.17, 15) is 0 Å². The Hall–Kier alpha value is -4.68. The predicted molar refractivity (Wildman–Crippen MR) is 172 cm³/mol. The lowest BCUT2D eigenvalue weighted by molar-refractivity contribution is 0.796. The minimum absolute atomic E-state index is 1.14. The molecule has 6 rings (SSSR count). The molecular formula is C40H34. The predicted octanol–water partition coefficient (Wildman–Crippen LogP) is 11.4. The Morgan fingerprint density at radius 3 is 1.05 bits per heavy atom. The van der Waals surface area contributed by atoms with Crippen LogP contribution in [0.2, 0.25) is 0 Å². The molecule has 0 fully saturated rings. The van der Waals surface area contributed by atoms with Gasteiger partial charge in [0.05, 0.1) is 0 Å². The monoisotopic (exact) mass is 514 g/mol. The third-order valence-corrected chi connectivity index (χ3v) is 7.77. The molecule has 0 spiro atoms. The van der Waals surface area contributed by atoms with Crippen LogP contribution in [0.25, 0.3) is 55.6 Å². The summed E-state index contributed by atoms with van der Waals surface area (Å²) < 4.78 is 0. The average molecular weight is 515 g/mol. The van der Waals surface area contributed by atoms with Crippen LogP contribution in [0.1, 0.15) is 25.3 Å².